The van der Waals surface area contributed by atoms with Crippen LogP contribution in [0.1, 0.15) is 31.0 Å². The summed E-state index contributed by atoms with van der Waals surface area (Å²) >= 11 is 0. The molecule has 6 heteroatoms. The quantitative estimate of drug-likeness (QED) is 0.350. The minimum Gasteiger partial charge on any atom is -0.369 e. The molecule has 168 valence electrons. The van der Waals surface area contributed by atoms with Crippen LogP contribution in [-0.2, 0) is 6.42 Å². The molecule has 1 fully saturated rings. The third kappa shape index (κ3) is 8.21. The number of hydrogen-bond acceptors (Lipinski definition) is 4. The molecule has 0 spiro atoms. The Hall–Kier alpha value is -2.60. The van der Waals surface area contributed by atoms with Crippen molar-refractivity contribution in [2.24, 2.45) is 4.99 Å². The lowest BCUT2D eigenvalue weighted by Crippen LogP contribution is -2.46. The molecular formula is C25H38N6. The Labute approximate surface area is 187 Å². The smallest absolute Gasteiger partial charge is 0.191 e. The molecule has 3 rings (SSSR count). The van der Waals surface area contributed by atoms with Gasteiger partial charge in [0.15, 0.2) is 5.96 Å². The van der Waals surface area contributed by atoms with Crippen molar-refractivity contribution in [3.05, 3.63) is 59.9 Å². The maximum atomic E-state index is 4.73. The molecule has 2 aromatic rings. The summed E-state index contributed by atoms with van der Waals surface area (Å²) < 4.78 is 0. The van der Waals surface area contributed by atoms with Crippen molar-refractivity contribution >= 4 is 11.6 Å². The molecular weight excluding hydrogens is 384 g/mol. The fourth-order valence-corrected chi connectivity index (χ4v) is 3.89. The Morgan fingerprint density at radius 2 is 1.90 bits per heavy atom. The molecule has 1 aliphatic heterocycles. The standard InChI is InChI=1S/C25H38N6/c1-3-26-25(29-15-12-23-10-4-5-13-27-23)28-14-6-7-16-30-17-19-31(20-18-30)24-11-8-9-22(2)21-24/h4-5,8-11,13,21H,3,6-7,12,14-20H2,1-2H3,(H2,26,28,29). The van der Waals surface area contributed by atoms with Gasteiger partial charge in [-0.25, -0.2) is 0 Å². The minimum absolute atomic E-state index is 0.841. The molecule has 0 aliphatic carbocycles. The highest BCUT2D eigenvalue weighted by Crippen LogP contribution is 2.17. The number of benzene rings is 1. The van der Waals surface area contributed by atoms with Crippen LogP contribution in [-0.4, -0.2) is 68.2 Å². The third-order valence-electron chi connectivity index (χ3n) is 5.64. The largest absolute Gasteiger partial charge is 0.369 e. The highest BCUT2D eigenvalue weighted by molar-refractivity contribution is 5.79. The molecule has 31 heavy (non-hydrogen) atoms. The maximum absolute atomic E-state index is 4.73. The summed E-state index contributed by atoms with van der Waals surface area (Å²) in [5, 5.41) is 6.75. The lowest BCUT2D eigenvalue weighted by Gasteiger charge is -2.36. The van der Waals surface area contributed by atoms with Gasteiger partial charge in [-0.3, -0.25) is 14.9 Å². The van der Waals surface area contributed by atoms with Gasteiger partial charge >= 0.3 is 0 Å². The molecule has 1 aliphatic rings. The summed E-state index contributed by atoms with van der Waals surface area (Å²) in [4.78, 5) is 14.2. The lowest BCUT2D eigenvalue weighted by atomic mass is 10.2. The predicted octanol–water partition coefficient (Wildman–Crippen LogP) is 3.09. The number of nitrogens with one attached hydrogen (secondary N) is 2. The zero-order valence-electron chi connectivity index (χ0n) is 19.2. The van der Waals surface area contributed by atoms with Crippen molar-refractivity contribution in [3.8, 4) is 0 Å². The molecule has 1 aromatic carbocycles. The molecule has 0 unspecified atom stereocenters. The van der Waals surface area contributed by atoms with Crippen molar-refractivity contribution in [2.75, 3.05) is 57.3 Å². The number of nitrogens with zero attached hydrogens (tertiary/aromatic N) is 4. The molecule has 0 radical (unpaired) electrons. The molecule has 1 aromatic heterocycles. The SMILES string of the molecule is CCNC(=NCCCCN1CCN(c2cccc(C)c2)CC1)NCCc1ccccn1. The first-order chi connectivity index (χ1) is 15.2. The van der Waals surface area contributed by atoms with E-state index in [1.165, 1.54) is 24.2 Å². The molecule has 0 atom stereocenters. The summed E-state index contributed by atoms with van der Waals surface area (Å²) in [6.45, 7) is 12.5. The molecule has 0 saturated carbocycles. The van der Waals surface area contributed by atoms with Gasteiger partial charge in [-0.05, 0) is 63.1 Å². The van der Waals surface area contributed by atoms with Crippen LogP contribution >= 0.6 is 0 Å². The monoisotopic (exact) mass is 422 g/mol. The fraction of sp³-hybridized carbons (Fsp3) is 0.520. The van der Waals surface area contributed by atoms with Crippen molar-refractivity contribution in [2.45, 2.75) is 33.1 Å². The minimum atomic E-state index is 0.841. The number of rotatable bonds is 10. The highest BCUT2D eigenvalue weighted by atomic mass is 15.3. The van der Waals surface area contributed by atoms with Crippen LogP contribution in [0.3, 0.4) is 0 Å². The first kappa shape index (κ1) is 23.1. The van der Waals surface area contributed by atoms with Crippen molar-refractivity contribution in [1.82, 2.24) is 20.5 Å². The van der Waals surface area contributed by atoms with E-state index in [1.54, 1.807) is 0 Å². The van der Waals surface area contributed by atoms with Gasteiger partial charge in [0.25, 0.3) is 0 Å². The number of anilines is 1. The second-order valence-electron chi connectivity index (χ2n) is 8.13. The van der Waals surface area contributed by atoms with Crippen LogP contribution in [0.5, 0.6) is 0 Å². The Kier molecular flexibility index (Phi) is 9.64. The van der Waals surface area contributed by atoms with E-state index < -0.39 is 0 Å². The zero-order chi connectivity index (χ0) is 21.7. The highest BCUT2D eigenvalue weighted by Gasteiger charge is 2.16. The maximum Gasteiger partial charge on any atom is 0.191 e. The second kappa shape index (κ2) is 13.0. The average Bonchev–Trinajstić information content (AvgIpc) is 2.80. The first-order valence-electron chi connectivity index (χ1n) is 11.7. The van der Waals surface area contributed by atoms with Gasteiger partial charge in [0, 0.05) is 69.8 Å². The van der Waals surface area contributed by atoms with Gasteiger partial charge in [0.05, 0.1) is 0 Å². The Morgan fingerprint density at radius 1 is 1.03 bits per heavy atom. The van der Waals surface area contributed by atoms with Crippen molar-refractivity contribution < 1.29 is 0 Å². The number of aliphatic imine (C=N–C) groups is 1. The Balaban J connectivity index is 1.30. The van der Waals surface area contributed by atoms with Gasteiger partial charge in [-0.2, -0.15) is 0 Å². The summed E-state index contributed by atoms with van der Waals surface area (Å²) in [5.41, 5.74) is 3.80. The zero-order valence-corrected chi connectivity index (χ0v) is 19.2. The van der Waals surface area contributed by atoms with Gasteiger partial charge in [-0.1, -0.05) is 18.2 Å². The third-order valence-corrected chi connectivity index (χ3v) is 5.64. The van der Waals surface area contributed by atoms with E-state index in [4.69, 9.17) is 4.99 Å². The van der Waals surface area contributed by atoms with E-state index in [0.29, 0.717) is 0 Å². The Bertz CT molecular complexity index is 784. The average molecular weight is 423 g/mol. The van der Waals surface area contributed by atoms with Gasteiger partial charge in [-0.15, -0.1) is 0 Å². The van der Waals surface area contributed by atoms with E-state index in [0.717, 1.165) is 70.3 Å². The van der Waals surface area contributed by atoms with E-state index >= 15 is 0 Å². The van der Waals surface area contributed by atoms with Gasteiger partial charge in [0.1, 0.15) is 0 Å². The number of pyridine rings is 1. The van der Waals surface area contributed by atoms with Crippen molar-refractivity contribution in [3.63, 3.8) is 0 Å². The van der Waals surface area contributed by atoms with Crippen LogP contribution in [0.2, 0.25) is 0 Å². The summed E-state index contributed by atoms with van der Waals surface area (Å²) in [7, 11) is 0. The Morgan fingerprint density at radius 3 is 2.65 bits per heavy atom. The number of aryl methyl sites for hydroxylation is 1. The van der Waals surface area contributed by atoms with Gasteiger partial charge in [0.2, 0.25) is 0 Å². The van der Waals surface area contributed by atoms with Crippen LogP contribution < -0.4 is 15.5 Å². The molecule has 0 amide bonds. The summed E-state index contributed by atoms with van der Waals surface area (Å²) in [6, 6.07) is 14.9. The molecule has 1 saturated heterocycles. The molecule has 0 bridgehead atoms. The topological polar surface area (TPSA) is 55.8 Å². The van der Waals surface area contributed by atoms with Crippen LogP contribution in [0.15, 0.2) is 53.7 Å². The number of aromatic nitrogens is 1. The van der Waals surface area contributed by atoms with Crippen LogP contribution in [0, 0.1) is 6.92 Å². The molecule has 6 nitrogen and oxygen atoms in total. The summed E-state index contributed by atoms with van der Waals surface area (Å²) in [5.74, 6) is 0.908. The normalized spacial score (nSPS) is 15.2. The van der Waals surface area contributed by atoms with E-state index in [1.807, 2.05) is 18.3 Å². The van der Waals surface area contributed by atoms with Crippen LogP contribution in [0.4, 0.5) is 5.69 Å². The lowest BCUT2D eigenvalue weighted by molar-refractivity contribution is 0.253. The molecule has 2 heterocycles. The second-order valence-corrected chi connectivity index (χ2v) is 8.13. The predicted molar refractivity (Wildman–Crippen MR) is 131 cm³/mol. The van der Waals surface area contributed by atoms with E-state index in [9.17, 15) is 0 Å². The van der Waals surface area contributed by atoms with Crippen LogP contribution in [0.25, 0.3) is 0 Å². The number of piperazine rings is 1. The van der Waals surface area contributed by atoms with E-state index in [-0.39, 0.29) is 0 Å². The number of guanidine groups is 1. The summed E-state index contributed by atoms with van der Waals surface area (Å²) in [6.07, 6.45) is 5.06. The number of hydrogen-bond donors (Lipinski definition) is 2. The van der Waals surface area contributed by atoms with Gasteiger partial charge < -0.3 is 15.5 Å². The van der Waals surface area contributed by atoms with Crippen molar-refractivity contribution in [1.29, 1.82) is 0 Å². The fourth-order valence-electron chi connectivity index (χ4n) is 3.89. The number of unbranched alkanes of at least 4 members (excludes halogenated alkanes) is 1. The first-order valence-corrected chi connectivity index (χ1v) is 11.7. The van der Waals surface area contributed by atoms with E-state index in [2.05, 4.69) is 69.6 Å². The molecule has 2 N–H and O–H groups in total.